The number of aromatic nitrogens is 1. The molecule has 92 valence electrons. The van der Waals surface area contributed by atoms with Crippen molar-refractivity contribution in [3.63, 3.8) is 0 Å². The van der Waals surface area contributed by atoms with Gasteiger partial charge in [0, 0.05) is 38.1 Å². The SMILES string of the molecule is Cc1cnc(N2CCCN(C)C(=O)C2)cc1N. The first-order valence-electron chi connectivity index (χ1n) is 5.79. The summed E-state index contributed by atoms with van der Waals surface area (Å²) in [6, 6.07) is 1.84. The maximum absolute atomic E-state index is 11.8. The number of nitrogen functional groups attached to an aromatic ring is 1. The number of nitrogens with two attached hydrogens (primary N) is 1. The zero-order valence-electron chi connectivity index (χ0n) is 10.3. The average Bonchev–Trinajstić information content (AvgIpc) is 2.46. The minimum absolute atomic E-state index is 0.128. The lowest BCUT2D eigenvalue weighted by molar-refractivity contribution is -0.127. The second kappa shape index (κ2) is 4.61. The van der Waals surface area contributed by atoms with Crippen LogP contribution in [-0.2, 0) is 4.79 Å². The van der Waals surface area contributed by atoms with Crippen LogP contribution < -0.4 is 10.6 Å². The third kappa shape index (κ3) is 2.49. The van der Waals surface area contributed by atoms with Gasteiger partial charge >= 0.3 is 0 Å². The zero-order valence-corrected chi connectivity index (χ0v) is 10.3. The van der Waals surface area contributed by atoms with E-state index in [2.05, 4.69) is 4.98 Å². The fourth-order valence-corrected chi connectivity index (χ4v) is 1.88. The van der Waals surface area contributed by atoms with E-state index in [1.165, 1.54) is 0 Å². The summed E-state index contributed by atoms with van der Waals surface area (Å²) in [7, 11) is 1.84. The molecule has 0 aliphatic carbocycles. The fraction of sp³-hybridized carbons (Fsp3) is 0.500. The van der Waals surface area contributed by atoms with Gasteiger partial charge in [-0.15, -0.1) is 0 Å². The van der Waals surface area contributed by atoms with Crippen molar-refractivity contribution in [1.82, 2.24) is 9.88 Å². The Balaban J connectivity index is 2.21. The predicted molar refractivity (Wildman–Crippen MR) is 67.9 cm³/mol. The van der Waals surface area contributed by atoms with Crippen LogP contribution >= 0.6 is 0 Å². The molecule has 5 nitrogen and oxygen atoms in total. The number of carbonyl (C=O) groups is 1. The van der Waals surface area contributed by atoms with Crippen LogP contribution in [0.2, 0.25) is 0 Å². The van der Waals surface area contributed by atoms with Crippen molar-refractivity contribution < 1.29 is 4.79 Å². The smallest absolute Gasteiger partial charge is 0.241 e. The van der Waals surface area contributed by atoms with Gasteiger partial charge in [0.2, 0.25) is 5.91 Å². The number of rotatable bonds is 1. The molecule has 0 saturated carbocycles. The van der Waals surface area contributed by atoms with E-state index in [0.29, 0.717) is 6.54 Å². The lowest BCUT2D eigenvalue weighted by atomic mass is 10.2. The second-order valence-electron chi connectivity index (χ2n) is 4.49. The number of hydrogen-bond acceptors (Lipinski definition) is 4. The molecule has 0 bridgehead atoms. The maximum atomic E-state index is 11.8. The Bertz CT molecular complexity index is 433. The molecule has 5 heteroatoms. The number of aryl methyl sites for hydroxylation is 1. The Labute approximate surface area is 101 Å². The summed E-state index contributed by atoms with van der Waals surface area (Å²) >= 11 is 0. The number of pyridine rings is 1. The van der Waals surface area contributed by atoms with Crippen molar-refractivity contribution in [2.24, 2.45) is 0 Å². The third-order valence-corrected chi connectivity index (χ3v) is 3.13. The third-order valence-electron chi connectivity index (χ3n) is 3.13. The number of likely N-dealkylation sites (N-methyl/N-ethyl adjacent to an activating group) is 1. The molecule has 1 aliphatic heterocycles. The summed E-state index contributed by atoms with van der Waals surface area (Å²) in [6.45, 7) is 3.95. The van der Waals surface area contributed by atoms with Crippen LogP contribution in [0, 0.1) is 6.92 Å². The summed E-state index contributed by atoms with van der Waals surface area (Å²) in [6.07, 6.45) is 2.71. The maximum Gasteiger partial charge on any atom is 0.241 e. The first-order valence-corrected chi connectivity index (χ1v) is 5.79. The van der Waals surface area contributed by atoms with Crippen LogP contribution in [0.4, 0.5) is 11.5 Å². The summed E-state index contributed by atoms with van der Waals surface area (Å²) in [5.74, 6) is 0.917. The highest BCUT2D eigenvalue weighted by Crippen LogP contribution is 2.19. The van der Waals surface area contributed by atoms with E-state index in [0.717, 1.165) is 36.6 Å². The van der Waals surface area contributed by atoms with Gasteiger partial charge in [0.05, 0.1) is 6.54 Å². The van der Waals surface area contributed by atoms with E-state index < -0.39 is 0 Å². The minimum Gasteiger partial charge on any atom is -0.398 e. The molecule has 1 saturated heterocycles. The van der Waals surface area contributed by atoms with Gasteiger partial charge in [-0.2, -0.15) is 0 Å². The van der Waals surface area contributed by atoms with Crippen molar-refractivity contribution in [2.75, 3.05) is 37.3 Å². The number of hydrogen-bond donors (Lipinski definition) is 1. The fourth-order valence-electron chi connectivity index (χ4n) is 1.88. The lowest BCUT2D eigenvalue weighted by Crippen LogP contribution is -2.34. The van der Waals surface area contributed by atoms with Gasteiger partial charge in [0.1, 0.15) is 5.82 Å². The molecule has 0 aromatic carbocycles. The molecule has 1 aliphatic rings. The van der Waals surface area contributed by atoms with Gasteiger partial charge in [-0.3, -0.25) is 4.79 Å². The van der Waals surface area contributed by atoms with E-state index in [9.17, 15) is 4.79 Å². The highest BCUT2D eigenvalue weighted by atomic mass is 16.2. The van der Waals surface area contributed by atoms with E-state index in [-0.39, 0.29) is 5.91 Å². The van der Waals surface area contributed by atoms with Gasteiger partial charge in [-0.05, 0) is 18.9 Å². The van der Waals surface area contributed by atoms with E-state index in [4.69, 9.17) is 5.73 Å². The Morgan fingerprint density at radius 2 is 2.18 bits per heavy atom. The Kier molecular flexibility index (Phi) is 3.17. The van der Waals surface area contributed by atoms with Gasteiger partial charge in [-0.25, -0.2) is 4.98 Å². The number of nitrogens with zero attached hydrogens (tertiary/aromatic N) is 3. The predicted octanol–water partition coefficient (Wildman–Crippen LogP) is 0.641. The molecule has 1 aromatic heterocycles. The Morgan fingerprint density at radius 1 is 1.41 bits per heavy atom. The molecule has 0 spiro atoms. The Hall–Kier alpha value is -1.78. The molecule has 0 radical (unpaired) electrons. The molecule has 1 amide bonds. The van der Waals surface area contributed by atoms with Crippen molar-refractivity contribution >= 4 is 17.4 Å². The monoisotopic (exact) mass is 234 g/mol. The van der Waals surface area contributed by atoms with Crippen molar-refractivity contribution in [2.45, 2.75) is 13.3 Å². The standard InChI is InChI=1S/C12H18N4O/c1-9-7-14-11(6-10(9)13)16-5-3-4-15(2)12(17)8-16/h6-7H,3-5,8H2,1-2H3,(H2,13,14). The van der Waals surface area contributed by atoms with Crippen LogP contribution in [-0.4, -0.2) is 42.5 Å². The molecule has 2 rings (SSSR count). The van der Waals surface area contributed by atoms with E-state index in [1.54, 1.807) is 11.1 Å². The van der Waals surface area contributed by atoms with Crippen LogP contribution in [0.15, 0.2) is 12.3 Å². The molecule has 2 heterocycles. The molecule has 2 N–H and O–H groups in total. The summed E-state index contributed by atoms with van der Waals surface area (Å²) in [5, 5.41) is 0. The number of carbonyl (C=O) groups excluding carboxylic acids is 1. The van der Waals surface area contributed by atoms with Crippen molar-refractivity contribution in [3.05, 3.63) is 17.8 Å². The summed E-state index contributed by atoms with van der Waals surface area (Å²) in [5.41, 5.74) is 7.55. The zero-order chi connectivity index (χ0) is 12.4. The van der Waals surface area contributed by atoms with Gasteiger partial charge < -0.3 is 15.5 Å². The van der Waals surface area contributed by atoms with E-state index in [1.807, 2.05) is 24.9 Å². The summed E-state index contributed by atoms with van der Waals surface area (Å²) < 4.78 is 0. The first kappa shape index (κ1) is 11.7. The molecule has 0 unspecified atom stereocenters. The quantitative estimate of drug-likeness (QED) is 0.774. The van der Waals surface area contributed by atoms with Crippen LogP contribution in [0.1, 0.15) is 12.0 Å². The molecule has 1 aromatic rings. The normalized spacial score (nSPS) is 17.2. The van der Waals surface area contributed by atoms with Crippen LogP contribution in [0.25, 0.3) is 0 Å². The van der Waals surface area contributed by atoms with Crippen molar-refractivity contribution in [3.8, 4) is 0 Å². The highest BCUT2D eigenvalue weighted by Gasteiger charge is 2.20. The molecule has 17 heavy (non-hydrogen) atoms. The first-order chi connectivity index (χ1) is 8.08. The highest BCUT2D eigenvalue weighted by molar-refractivity contribution is 5.81. The topological polar surface area (TPSA) is 62.5 Å². The molecule has 0 atom stereocenters. The number of amides is 1. The van der Waals surface area contributed by atoms with Gasteiger partial charge in [0.15, 0.2) is 0 Å². The molecular formula is C12H18N4O. The van der Waals surface area contributed by atoms with Gasteiger partial charge in [0.25, 0.3) is 0 Å². The van der Waals surface area contributed by atoms with E-state index >= 15 is 0 Å². The Morgan fingerprint density at radius 3 is 2.88 bits per heavy atom. The van der Waals surface area contributed by atoms with Crippen molar-refractivity contribution in [1.29, 1.82) is 0 Å². The van der Waals surface area contributed by atoms with Crippen LogP contribution in [0.3, 0.4) is 0 Å². The largest absolute Gasteiger partial charge is 0.398 e. The molecular weight excluding hydrogens is 216 g/mol. The lowest BCUT2D eigenvalue weighted by Gasteiger charge is -2.21. The second-order valence-corrected chi connectivity index (χ2v) is 4.49. The summed E-state index contributed by atoms with van der Waals surface area (Å²) in [4.78, 5) is 19.9. The minimum atomic E-state index is 0.128. The molecule has 1 fully saturated rings. The van der Waals surface area contributed by atoms with Crippen LogP contribution in [0.5, 0.6) is 0 Å². The number of anilines is 2. The van der Waals surface area contributed by atoms with Gasteiger partial charge in [-0.1, -0.05) is 0 Å². The average molecular weight is 234 g/mol.